The van der Waals surface area contributed by atoms with Crippen LogP contribution in [0.25, 0.3) is 0 Å². The summed E-state index contributed by atoms with van der Waals surface area (Å²) in [5.74, 6) is 1.95. The first-order valence-electron chi connectivity index (χ1n) is 15.2. The highest BCUT2D eigenvalue weighted by Gasteiger charge is 2.64. The fourth-order valence-electron chi connectivity index (χ4n) is 10.2. The summed E-state index contributed by atoms with van der Waals surface area (Å²) in [5.41, 5.74) is 0.891. The van der Waals surface area contributed by atoms with E-state index in [0.717, 1.165) is 38.5 Å². The second-order valence-corrected chi connectivity index (χ2v) is 14.1. The zero-order chi connectivity index (χ0) is 28.3. The van der Waals surface area contributed by atoms with Gasteiger partial charge in [-0.2, -0.15) is 0 Å². The van der Waals surface area contributed by atoms with Gasteiger partial charge in [0.1, 0.15) is 6.10 Å². The number of aliphatic hydroxyl groups is 1. The number of nitrogens with zero attached hydrogens (tertiary/aromatic N) is 2. The number of carbonyl (C=O) groups is 2. The molecule has 0 bridgehead atoms. The smallest absolute Gasteiger partial charge is 0.302 e. The minimum absolute atomic E-state index is 0.00975. The molecule has 1 aromatic carbocycles. The van der Waals surface area contributed by atoms with Crippen LogP contribution in [0, 0.1) is 40.4 Å². The molecule has 4 aliphatic carbocycles. The number of amides is 1. The Balaban J connectivity index is 1.41. The second-order valence-electron chi connectivity index (χ2n) is 14.1. The number of aliphatic hydroxyl groups excluding tert-OH is 1. The van der Waals surface area contributed by atoms with Gasteiger partial charge in [-0.15, -0.1) is 0 Å². The Hall–Kier alpha value is -1.92. The summed E-state index contributed by atoms with van der Waals surface area (Å²) < 4.78 is 6.15. The van der Waals surface area contributed by atoms with Gasteiger partial charge in [-0.3, -0.25) is 9.59 Å². The Morgan fingerprint density at radius 3 is 2.26 bits per heavy atom. The first kappa shape index (κ1) is 28.6. The van der Waals surface area contributed by atoms with E-state index < -0.39 is 0 Å². The van der Waals surface area contributed by atoms with Gasteiger partial charge < -0.3 is 19.6 Å². The van der Waals surface area contributed by atoms with Gasteiger partial charge in [0.2, 0.25) is 0 Å². The van der Waals surface area contributed by atoms with Crippen LogP contribution in [0.3, 0.4) is 0 Å². The molecule has 1 aromatic rings. The average Bonchev–Trinajstić information content (AvgIpc) is 3.17. The molecule has 0 aliphatic heterocycles. The molecule has 6 nitrogen and oxygen atoms in total. The third kappa shape index (κ3) is 4.64. The van der Waals surface area contributed by atoms with E-state index in [1.807, 2.05) is 42.3 Å². The van der Waals surface area contributed by atoms with E-state index in [-0.39, 0.29) is 46.9 Å². The van der Waals surface area contributed by atoms with Crippen molar-refractivity contribution in [1.82, 2.24) is 9.80 Å². The summed E-state index contributed by atoms with van der Waals surface area (Å²) in [6.45, 7) is 8.70. The molecule has 4 fully saturated rings. The third-order valence-electron chi connectivity index (χ3n) is 12.3. The Labute approximate surface area is 235 Å². The predicted octanol–water partition coefficient (Wildman–Crippen LogP) is 5.25. The van der Waals surface area contributed by atoms with E-state index in [4.69, 9.17) is 4.74 Å². The fourth-order valence-corrected chi connectivity index (χ4v) is 10.2. The topological polar surface area (TPSA) is 70.1 Å². The molecule has 1 amide bonds. The summed E-state index contributed by atoms with van der Waals surface area (Å²) in [6.07, 6.45) is 6.70. The van der Waals surface area contributed by atoms with Crippen molar-refractivity contribution in [1.29, 1.82) is 0 Å². The lowest BCUT2D eigenvalue weighted by atomic mass is 9.44. The summed E-state index contributed by atoms with van der Waals surface area (Å²) in [5, 5.41) is 11.4. The number of rotatable bonds is 5. The van der Waals surface area contributed by atoms with Crippen molar-refractivity contribution in [2.24, 2.45) is 40.4 Å². The molecule has 0 spiro atoms. The lowest BCUT2D eigenvalue weighted by Gasteiger charge is -2.63. The lowest BCUT2D eigenvalue weighted by Crippen LogP contribution is -2.62. The van der Waals surface area contributed by atoms with Crippen molar-refractivity contribution in [3.05, 3.63) is 35.9 Å². The van der Waals surface area contributed by atoms with Gasteiger partial charge >= 0.3 is 5.97 Å². The molecule has 6 unspecified atom stereocenters. The summed E-state index contributed by atoms with van der Waals surface area (Å²) in [4.78, 5) is 30.0. The van der Waals surface area contributed by atoms with Crippen molar-refractivity contribution in [2.75, 3.05) is 21.1 Å². The molecule has 39 heavy (non-hydrogen) atoms. The Morgan fingerprint density at radius 2 is 1.62 bits per heavy atom. The third-order valence-corrected chi connectivity index (χ3v) is 12.3. The molecule has 6 heteroatoms. The summed E-state index contributed by atoms with van der Waals surface area (Å²) in [7, 11) is 6.15. The maximum absolute atomic E-state index is 13.4. The van der Waals surface area contributed by atoms with E-state index >= 15 is 0 Å². The molecule has 11 atom stereocenters. The van der Waals surface area contributed by atoms with Gasteiger partial charge in [-0.05, 0) is 107 Å². The van der Waals surface area contributed by atoms with Crippen molar-refractivity contribution in [3.63, 3.8) is 0 Å². The Kier molecular flexibility index (Phi) is 7.69. The predicted molar refractivity (Wildman–Crippen MR) is 153 cm³/mol. The number of hydrogen-bond donors (Lipinski definition) is 1. The largest absolute Gasteiger partial charge is 0.460 e. The normalized spacial score (nSPS) is 42.2. The maximum Gasteiger partial charge on any atom is 0.302 e. The number of ether oxygens (including phenoxy) is 1. The van der Waals surface area contributed by atoms with Crippen LogP contribution in [0.5, 0.6) is 0 Å². The van der Waals surface area contributed by atoms with Crippen molar-refractivity contribution in [3.8, 4) is 0 Å². The molecular formula is C33H50N2O4. The monoisotopic (exact) mass is 538 g/mol. The van der Waals surface area contributed by atoms with Gasteiger partial charge in [0.15, 0.2) is 0 Å². The molecule has 5 rings (SSSR count). The highest BCUT2D eigenvalue weighted by molar-refractivity contribution is 5.94. The standard InChI is InChI=1S/C33H50N2O4/c1-20(34(5)6)29-28(37)19-26-23-13-14-25-30(39-21(2)36)27(35(7)31(38)22-11-9-8-10-12-22)16-18-32(25,3)24(23)15-17-33(26,29)4/h8-12,20,23-30,37H,13-19H2,1-7H3/t20?,23-,24?,25?,26?,27?,28?,29+,30-,32-,33+/m1/s1. The molecule has 0 radical (unpaired) electrons. The Morgan fingerprint density at radius 1 is 0.949 bits per heavy atom. The molecule has 216 valence electrons. The zero-order valence-electron chi connectivity index (χ0n) is 25.1. The van der Waals surface area contributed by atoms with Crippen LogP contribution >= 0.6 is 0 Å². The van der Waals surface area contributed by atoms with Gasteiger partial charge in [0, 0.05) is 37.4 Å². The molecule has 0 heterocycles. The van der Waals surface area contributed by atoms with Crippen LogP contribution in [-0.4, -0.2) is 72.2 Å². The minimum Gasteiger partial charge on any atom is -0.460 e. The maximum atomic E-state index is 13.4. The van der Waals surface area contributed by atoms with Gasteiger partial charge in [-0.1, -0.05) is 32.0 Å². The first-order chi connectivity index (χ1) is 18.4. The van der Waals surface area contributed by atoms with Crippen LogP contribution in [0.1, 0.15) is 83.0 Å². The number of fused-ring (bicyclic) bond motifs is 5. The molecule has 4 aliphatic rings. The van der Waals surface area contributed by atoms with Crippen molar-refractivity contribution in [2.45, 2.75) is 96.9 Å². The van der Waals surface area contributed by atoms with Crippen LogP contribution < -0.4 is 0 Å². The van der Waals surface area contributed by atoms with Gasteiger partial charge in [-0.25, -0.2) is 0 Å². The lowest BCUT2D eigenvalue weighted by molar-refractivity contribution is -0.185. The van der Waals surface area contributed by atoms with E-state index in [1.165, 1.54) is 13.3 Å². The van der Waals surface area contributed by atoms with Crippen molar-refractivity contribution >= 4 is 11.9 Å². The SMILES string of the molecule is CC(=O)O[C@H]1C(N(C)C(=O)c2ccccc2)CC[C@]2(C)C3CC[C@@]4(C)C(CC(O)[C@@H]4C(C)N(C)C)[C@@H]3CCC12. The number of esters is 1. The number of hydrogen-bond acceptors (Lipinski definition) is 5. The van der Waals surface area contributed by atoms with Crippen LogP contribution in [0.4, 0.5) is 0 Å². The summed E-state index contributed by atoms with van der Waals surface area (Å²) >= 11 is 0. The van der Waals surface area contributed by atoms with E-state index in [9.17, 15) is 14.7 Å². The quantitative estimate of drug-likeness (QED) is 0.519. The summed E-state index contributed by atoms with van der Waals surface area (Å²) in [6, 6.07) is 9.65. The molecule has 4 saturated carbocycles. The molecule has 0 aromatic heterocycles. The van der Waals surface area contributed by atoms with Gasteiger partial charge in [0.05, 0.1) is 12.1 Å². The van der Waals surface area contributed by atoms with Crippen LogP contribution in [-0.2, 0) is 9.53 Å². The highest BCUT2D eigenvalue weighted by atomic mass is 16.5. The Bertz CT molecular complexity index is 1060. The minimum atomic E-state index is -0.288. The second kappa shape index (κ2) is 10.5. The number of benzene rings is 1. The highest BCUT2D eigenvalue weighted by Crippen LogP contribution is 2.68. The molecule has 1 N–H and O–H groups in total. The van der Waals surface area contributed by atoms with Crippen LogP contribution in [0.15, 0.2) is 30.3 Å². The average molecular weight is 539 g/mol. The van der Waals surface area contributed by atoms with E-state index in [0.29, 0.717) is 35.3 Å². The van der Waals surface area contributed by atoms with E-state index in [1.54, 1.807) is 0 Å². The fraction of sp³-hybridized carbons (Fsp3) is 0.758. The number of carbonyl (C=O) groups excluding carboxylic acids is 2. The van der Waals surface area contributed by atoms with Gasteiger partial charge in [0.25, 0.3) is 5.91 Å². The molecule has 0 saturated heterocycles. The first-order valence-corrected chi connectivity index (χ1v) is 15.2. The zero-order valence-corrected chi connectivity index (χ0v) is 25.1. The van der Waals surface area contributed by atoms with Crippen LogP contribution in [0.2, 0.25) is 0 Å². The van der Waals surface area contributed by atoms with E-state index in [2.05, 4.69) is 39.8 Å². The van der Waals surface area contributed by atoms with Crippen molar-refractivity contribution < 1.29 is 19.4 Å². The molecular weight excluding hydrogens is 488 g/mol. The number of likely N-dealkylation sites (N-methyl/N-ethyl adjacent to an activating group) is 1.